The molecule has 0 bridgehead atoms. The highest BCUT2D eigenvalue weighted by Gasteiger charge is 2.15. The number of nitrogens with zero attached hydrogens (tertiary/aromatic N) is 1. The lowest BCUT2D eigenvalue weighted by Crippen LogP contribution is -2.43. The van der Waals surface area contributed by atoms with Gasteiger partial charge in [-0.2, -0.15) is 0 Å². The van der Waals surface area contributed by atoms with Crippen LogP contribution in [0, 0.1) is 11.8 Å². The summed E-state index contributed by atoms with van der Waals surface area (Å²) in [6.45, 7) is 17.1. The first-order valence-electron chi connectivity index (χ1n) is 9.17. The molecule has 1 saturated heterocycles. The van der Waals surface area contributed by atoms with Crippen molar-refractivity contribution < 1.29 is 0 Å². The van der Waals surface area contributed by atoms with E-state index in [1.807, 2.05) is 13.8 Å². The second-order valence-electron chi connectivity index (χ2n) is 6.23. The molecule has 1 aliphatic heterocycles. The Morgan fingerprint density at radius 1 is 1.00 bits per heavy atom. The Morgan fingerprint density at radius 3 is 1.95 bits per heavy atom. The number of rotatable bonds is 3. The SMILES string of the molecule is CC.CC(C)C1CCCCC1.CCCN1CCNCC1. The first-order chi connectivity index (χ1) is 9.74. The fraction of sp³-hybridized carbons (Fsp3) is 1.00. The van der Waals surface area contributed by atoms with Gasteiger partial charge in [-0.3, -0.25) is 0 Å². The average Bonchev–Trinajstić information content (AvgIpc) is 2.52. The van der Waals surface area contributed by atoms with E-state index in [4.69, 9.17) is 0 Å². The highest BCUT2D eigenvalue weighted by Crippen LogP contribution is 2.29. The average molecular weight is 285 g/mol. The molecule has 1 saturated carbocycles. The van der Waals surface area contributed by atoms with E-state index in [1.54, 1.807) is 0 Å². The maximum Gasteiger partial charge on any atom is 0.0107 e. The van der Waals surface area contributed by atoms with Crippen molar-refractivity contribution in [2.75, 3.05) is 32.7 Å². The number of hydrogen-bond donors (Lipinski definition) is 1. The summed E-state index contributed by atoms with van der Waals surface area (Å²) in [4.78, 5) is 2.51. The summed E-state index contributed by atoms with van der Waals surface area (Å²) in [6, 6.07) is 0. The molecule has 122 valence electrons. The molecule has 1 aliphatic carbocycles. The smallest absolute Gasteiger partial charge is 0.0107 e. The van der Waals surface area contributed by atoms with Crippen LogP contribution in [0.15, 0.2) is 0 Å². The lowest BCUT2D eigenvalue weighted by atomic mass is 9.82. The van der Waals surface area contributed by atoms with E-state index in [0.29, 0.717) is 0 Å². The van der Waals surface area contributed by atoms with E-state index in [0.717, 1.165) is 11.8 Å². The van der Waals surface area contributed by atoms with Gasteiger partial charge in [0.25, 0.3) is 0 Å². The Bertz CT molecular complexity index is 177. The Balaban J connectivity index is 0.000000321. The number of hydrogen-bond acceptors (Lipinski definition) is 2. The van der Waals surface area contributed by atoms with Crippen LogP contribution in [0.1, 0.15) is 73.1 Å². The maximum atomic E-state index is 3.33. The van der Waals surface area contributed by atoms with Crippen molar-refractivity contribution in [2.45, 2.75) is 73.1 Å². The van der Waals surface area contributed by atoms with E-state index >= 15 is 0 Å². The van der Waals surface area contributed by atoms with Crippen LogP contribution in [0.2, 0.25) is 0 Å². The second kappa shape index (κ2) is 13.9. The molecule has 0 aromatic rings. The van der Waals surface area contributed by atoms with Crippen molar-refractivity contribution in [2.24, 2.45) is 11.8 Å². The molecule has 2 rings (SSSR count). The van der Waals surface area contributed by atoms with Crippen LogP contribution in [-0.4, -0.2) is 37.6 Å². The predicted molar refractivity (Wildman–Crippen MR) is 92.4 cm³/mol. The molecule has 1 N–H and O–H groups in total. The van der Waals surface area contributed by atoms with Crippen LogP contribution in [0.5, 0.6) is 0 Å². The third-order valence-corrected chi connectivity index (χ3v) is 4.34. The van der Waals surface area contributed by atoms with Gasteiger partial charge in [0.05, 0.1) is 0 Å². The third kappa shape index (κ3) is 9.77. The van der Waals surface area contributed by atoms with Gasteiger partial charge in [-0.1, -0.05) is 66.7 Å². The summed E-state index contributed by atoms with van der Waals surface area (Å²) >= 11 is 0. The summed E-state index contributed by atoms with van der Waals surface area (Å²) in [5.41, 5.74) is 0. The molecule has 1 heterocycles. The normalized spacial score (nSPS) is 20.7. The molecule has 2 heteroatoms. The summed E-state index contributed by atoms with van der Waals surface area (Å²) in [6.07, 6.45) is 8.75. The van der Waals surface area contributed by atoms with E-state index in [-0.39, 0.29) is 0 Å². The quantitative estimate of drug-likeness (QED) is 0.818. The van der Waals surface area contributed by atoms with Crippen molar-refractivity contribution in [3.8, 4) is 0 Å². The third-order valence-electron chi connectivity index (χ3n) is 4.34. The zero-order valence-corrected chi connectivity index (χ0v) is 14.9. The molecule has 0 unspecified atom stereocenters. The lowest BCUT2D eigenvalue weighted by molar-refractivity contribution is 0.241. The van der Waals surface area contributed by atoms with Crippen LogP contribution in [-0.2, 0) is 0 Å². The Hall–Kier alpha value is -0.0800. The zero-order chi connectivity index (χ0) is 15.2. The summed E-state index contributed by atoms with van der Waals surface area (Å²) in [5.74, 6) is 1.99. The van der Waals surface area contributed by atoms with Gasteiger partial charge in [0, 0.05) is 26.2 Å². The Morgan fingerprint density at radius 2 is 1.55 bits per heavy atom. The van der Waals surface area contributed by atoms with Crippen LogP contribution in [0.3, 0.4) is 0 Å². The first kappa shape index (κ1) is 19.9. The van der Waals surface area contributed by atoms with Gasteiger partial charge < -0.3 is 10.2 Å². The Kier molecular flexibility index (Phi) is 13.8. The van der Waals surface area contributed by atoms with Crippen LogP contribution >= 0.6 is 0 Å². The molecule has 20 heavy (non-hydrogen) atoms. The fourth-order valence-corrected chi connectivity index (χ4v) is 3.05. The van der Waals surface area contributed by atoms with Crippen molar-refractivity contribution >= 4 is 0 Å². The minimum atomic E-state index is 0.935. The van der Waals surface area contributed by atoms with Crippen LogP contribution < -0.4 is 5.32 Å². The van der Waals surface area contributed by atoms with Gasteiger partial charge >= 0.3 is 0 Å². The molecular formula is C18H40N2. The van der Waals surface area contributed by atoms with Gasteiger partial charge in [-0.15, -0.1) is 0 Å². The van der Waals surface area contributed by atoms with E-state index in [1.165, 1.54) is 71.2 Å². The van der Waals surface area contributed by atoms with Crippen LogP contribution in [0.4, 0.5) is 0 Å². The van der Waals surface area contributed by atoms with E-state index < -0.39 is 0 Å². The fourth-order valence-electron chi connectivity index (χ4n) is 3.05. The van der Waals surface area contributed by atoms with Gasteiger partial charge in [0.1, 0.15) is 0 Å². The number of nitrogens with one attached hydrogen (secondary N) is 1. The second-order valence-corrected chi connectivity index (χ2v) is 6.23. The molecule has 2 nitrogen and oxygen atoms in total. The minimum Gasteiger partial charge on any atom is -0.314 e. The highest BCUT2D eigenvalue weighted by molar-refractivity contribution is 4.68. The van der Waals surface area contributed by atoms with Crippen LogP contribution in [0.25, 0.3) is 0 Å². The van der Waals surface area contributed by atoms with E-state index in [2.05, 4.69) is 31.0 Å². The van der Waals surface area contributed by atoms with Gasteiger partial charge in [-0.25, -0.2) is 0 Å². The molecule has 0 radical (unpaired) electrons. The highest BCUT2D eigenvalue weighted by atomic mass is 15.2. The summed E-state index contributed by atoms with van der Waals surface area (Å²) in [5, 5.41) is 3.33. The lowest BCUT2D eigenvalue weighted by Gasteiger charge is -2.26. The summed E-state index contributed by atoms with van der Waals surface area (Å²) < 4.78 is 0. The maximum absolute atomic E-state index is 3.33. The number of piperazine rings is 1. The molecular weight excluding hydrogens is 244 g/mol. The topological polar surface area (TPSA) is 15.3 Å². The molecule has 2 fully saturated rings. The van der Waals surface area contributed by atoms with Crippen molar-refractivity contribution in [1.29, 1.82) is 0 Å². The predicted octanol–water partition coefficient (Wildman–Crippen LogP) is 4.55. The zero-order valence-electron chi connectivity index (χ0n) is 14.9. The van der Waals surface area contributed by atoms with Crippen molar-refractivity contribution in [3.05, 3.63) is 0 Å². The van der Waals surface area contributed by atoms with Gasteiger partial charge in [0.2, 0.25) is 0 Å². The largest absolute Gasteiger partial charge is 0.314 e. The van der Waals surface area contributed by atoms with Crippen molar-refractivity contribution in [3.63, 3.8) is 0 Å². The summed E-state index contributed by atoms with van der Waals surface area (Å²) in [7, 11) is 0. The molecule has 0 aromatic heterocycles. The standard InChI is InChI=1S/C9H18.C7H16N2.C2H6/c1-8(2)9-6-4-3-5-7-9;1-2-5-9-6-3-8-4-7-9;1-2/h8-9H,3-7H2,1-2H3;8H,2-7H2,1H3;1-2H3. The molecule has 0 amide bonds. The molecule has 0 aromatic carbocycles. The first-order valence-corrected chi connectivity index (χ1v) is 9.17. The Labute approximate surface area is 128 Å². The van der Waals surface area contributed by atoms with E-state index in [9.17, 15) is 0 Å². The minimum absolute atomic E-state index is 0.935. The molecule has 2 aliphatic rings. The van der Waals surface area contributed by atoms with Gasteiger partial charge in [-0.05, 0) is 24.8 Å². The van der Waals surface area contributed by atoms with Crippen molar-refractivity contribution in [1.82, 2.24) is 10.2 Å². The molecule has 0 spiro atoms. The monoisotopic (exact) mass is 284 g/mol. The van der Waals surface area contributed by atoms with Gasteiger partial charge in [0.15, 0.2) is 0 Å². The molecule has 0 atom stereocenters.